The van der Waals surface area contributed by atoms with E-state index in [2.05, 4.69) is 4.90 Å². The third-order valence-electron chi connectivity index (χ3n) is 5.17. The van der Waals surface area contributed by atoms with Crippen LogP contribution in [0.5, 0.6) is 0 Å². The number of ketones is 1. The molecule has 0 unspecified atom stereocenters. The number of hydrogen-bond donors (Lipinski definition) is 0. The average molecular weight is 349 g/mol. The largest absolute Gasteiger partial charge is 0.340 e. The Morgan fingerprint density at radius 3 is 2.21 bits per heavy atom. The van der Waals surface area contributed by atoms with Gasteiger partial charge in [-0.15, -0.1) is 0 Å². The summed E-state index contributed by atoms with van der Waals surface area (Å²) in [5, 5.41) is 0.640. The molecule has 2 fully saturated rings. The Morgan fingerprint density at radius 1 is 0.958 bits per heavy atom. The summed E-state index contributed by atoms with van der Waals surface area (Å²) in [5.74, 6) is 0.679. The molecule has 0 bridgehead atoms. The van der Waals surface area contributed by atoms with Crippen LogP contribution in [-0.4, -0.2) is 54.2 Å². The van der Waals surface area contributed by atoms with Crippen molar-refractivity contribution in [1.82, 2.24) is 9.80 Å². The van der Waals surface area contributed by atoms with Crippen molar-refractivity contribution in [2.75, 3.05) is 32.7 Å². The molecule has 1 saturated carbocycles. The summed E-state index contributed by atoms with van der Waals surface area (Å²) in [6.07, 6.45) is 5.74. The number of amides is 1. The number of rotatable bonds is 4. The van der Waals surface area contributed by atoms with Gasteiger partial charge < -0.3 is 4.90 Å². The molecule has 3 rings (SSSR count). The number of benzene rings is 1. The molecule has 5 heteroatoms. The van der Waals surface area contributed by atoms with Crippen LogP contribution in [0.2, 0.25) is 5.02 Å². The molecule has 1 heterocycles. The number of Topliss-reactive ketones (excluding diaryl/α,β-unsaturated/α-hetero) is 1. The monoisotopic (exact) mass is 348 g/mol. The van der Waals surface area contributed by atoms with Crippen molar-refractivity contribution in [3.05, 3.63) is 34.9 Å². The normalized spacial score (nSPS) is 20.1. The lowest BCUT2D eigenvalue weighted by molar-refractivity contribution is -0.138. The first kappa shape index (κ1) is 17.4. The van der Waals surface area contributed by atoms with Gasteiger partial charge >= 0.3 is 0 Å². The van der Waals surface area contributed by atoms with Gasteiger partial charge in [-0.05, 0) is 37.1 Å². The molecule has 1 amide bonds. The van der Waals surface area contributed by atoms with Crippen molar-refractivity contribution in [3.63, 3.8) is 0 Å². The molecule has 24 heavy (non-hydrogen) atoms. The van der Waals surface area contributed by atoms with E-state index in [-0.39, 0.29) is 11.7 Å². The fourth-order valence-corrected chi connectivity index (χ4v) is 3.79. The smallest absolute Gasteiger partial charge is 0.225 e. The SMILES string of the molecule is O=C(CN1CCN(C(=O)C2CCCCC2)CC1)c1ccc(Cl)cc1. The van der Waals surface area contributed by atoms with Gasteiger partial charge in [0.25, 0.3) is 0 Å². The zero-order valence-corrected chi connectivity index (χ0v) is 14.8. The maximum absolute atomic E-state index is 12.6. The van der Waals surface area contributed by atoms with Gasteiger partial charge in [-0.25, -0.2) is 0 Å². The van der Waals surface area contributed by atoms with E-state index in [0.717, 1.165) is 39.0 Å². The number of nitrogens with zero attached hydrogens (tertiary/aromatic N) is 2. The molecule has 130 valence electrons. The topological polar surface area (TPSA) is 40.6 Å². The summed E-state index contributed by atoms with van der Waals surface area (Å²) in [6, 6.07) is 7.03. The first-order valence-electron chi connectivity index (χ1n) is 8.93. The fraction of sp³-hybridized carbons (Fsp3) is 0.579. The van der Waals surface area contributed by atoms with Crippen molar-refractivity contribution in [1.29, 1.82) is 0 Å². The summed E-state index contributed by atoms with van der Waals surface area (Å²) in [5.41, 5.74) is 0.695. The molecular weight excluding hydrogens is 324 g/mol. The number of carbonyl (C=O) groups excluding carboxylic acids is 2. The number of halogens is 1. The standard InChI is InChI=1S/C19H25ClN2O2/c20-17-8-6-15(7-9-17)18(23)14-21-10-12-22(13-11-21)19(24)16-4-2-1-3-5-16/h6-9,16H,1-5,10-14H2. The van der Waals surface area contributed by atoms with E-state index in [9.17, 15) is 9.59 Å². The van der Waals surface area contributed by atoms with Crippen molar-refractivity contribution in [2.24, 2.45) is 5.92 Å². The molecule has 0 atom stereocenters. The molecule has 2 aliphatic rings. The maximum atomic E-state index is 12.6. The predicted molar refractivity (Wildman–Crippen MR) is 95.4 cm³/mol. The molecule has 1 aliphatic carbocycles. The zero-order valence-electron chi connectivity index (χ0n) is 14.0. The van der Waals surface area contributed by atoms with Gasteiger partial charge in [0, 0.05) is 42.7 Å². The molecule has 1 saturated heterocycles. The molecular formula is C19H25ClN2O2. The lowest BCUT2D eigenvalue weighted by atomic mass is 9.88. The second-order valence-electron chi connectivity index (χ2n) is 6.87. The van der Waals surface area contributed by atoms with Crippen LogP contribution in [0.15, 0.2) is 24.3 Å². The van der Waals surface area contributed by atoms with Crippen LogP contribution in [0.3, 0.4) is 0 Å². The van der Waals surface area contributed by atoms with E-state index >= 15 is 0 Å². The van der Waals surface area contributed by atoms with Gasteiger partial charge in [-0.2, -0.15) is 0 Å². The third kappa shape index (κ3) is 4.37. The van der Waals surface area contributed by atoms with E-state index in [1.807, 2.05) is 4.90 Å². The highest BCUT2D eigenvalue weighted by molar-refractivity contribution is 6.30. The molecule has 0 aromatic heterocycles. The highest BCUT2D eigenvalue weighted by Gasteiger charge is 2.28. The van der Waals surface area contributed by atoms with Gasteiger partial charge in [0.15, 0.2) is 5.78 Å². The van der Waals surface area contributed by atoms with Gasteiger partial charge in [0.1, 0.15) is 0 Å². The molecule has 0 spiro atoms. The van der Waals surface area contributed by atoms with Crippen molar-refractivity contribution < 1.29 is 9.59 Å². The minimum Gasteiger partial charge on any atom is -0.340 e. The summed E-state index contributed by atoms with van der Waals surface area (Å²) < 4.78 is 0. The lowest BCUT2D eigenvalue weighted by Gasteiger charge is -2.36. The van der Waals surface area contributed by atoms with Crippen LogP contribution in [-0.2, 0) is 4.79 Å². The lowest BCUT2D eigenvalue weighted by Crippen LogP contribution is -2.51. The quantitative estimate of drug-likeness (QED) is 0.784. The van der Waals surface area contributed by atoms with Gasteiger partial charge in [-0.3, -0.25) is 14.5 Å². The van der Waals surface area contributed by atoms with Crippen LogP contribution >= 0.6 is 11.6 Å². The van der Waals surface area contributed by atoms with Crippen LogP contribution in [0.25, 0.3) is 0 Å². The minimum atomic E-state index is 0.110. The first-order chi connectivity index (χ1) is 11.6. The summed E-state index contributed by atoms with van der Waals surface area (Å²) in [6.45, 7) is 3.44. The van der Waals surface area contributed by atoms with Gasteiger partial charge in [0.05, 0.1) is 6.54 Å². The van der Waals surface area contributed by atoms with E-state index < -0.39 is 0 Å². The molecule has 1 aliphatic heterocycles. The average Bonchev–Trinajstić information content (AvgIpc) is 2.63. The van der Waals surface area contributed by atoms with E-state index in [1.54, 1.807) is 24.3 Å². The highest BCUT2D eigenvalue weighted by Crippen LogP contribution is 2.25. The fourth-order valence-electron chi connectivity index (χ4n) is 3.66. The summed E-state index contributed by atoms with van der Waals surface area (Å²) >= 11 is 5.86. The third-order valence-corrected chi connectivity index (χ3v) is 5.42. The molecule has 0 N–H and O–H groups in total. The maximum Gasteiger partial charge on any atom is 0.225 e. The Bertz CT molecular complexity index is 574. The van der Waals surface area contributed by atoms with E-state index in [0.29, 0.717) is 23.0 Å². The van der Waals surface area contributed by atoms with Gasteiger partial charge in [-0.1, -0.05) is 30.9 Å². The predicted octanol–water partition coefficient (Wildman–Crippen LogP) is 3.25. The van der Waals surface area contributed by atoms with E-state index in [4.69, 9.17) is 11.6 Å². The van der Waals surface area contributed by atoms with Crippen LogP contribution in [0.4, 0.5) is 0 Å². The molecule has 1 aromatic carbocycles. The number of piperazine rings is 1. The zero-order chi connectivity index (χ0) is 16.9. The van der Waals surface area contributed by atoms with Crippen LogP contribution in [0, 0.1) is 5.92 Å². The van der Waals surface area contributed by atoms with Crippen LogP contribution < -0.4 is 0 Å². The summed E-state index contributed by atoms with van der Waals surface area (Å²) in [7, 11) is 0. The Kier molecular flexibility index (Phi) is 5.90. The second-order valence-corrected chi connectivity index (χ2v) is 7.30. The molecule has 0 radical (unpaired) electrons. The second kappa shape index (κ2) is 8.13. The van der Waals surface area contributed by atoms with Gasteiger partial charge in [0.2, 0.25) is 5.91 Å². The van der Waals surface area contributed by atoms with Crippen LogP contribution in [0.1, 0.15) is 42.5 Å². The van der Waals surface area contributed by atoms with E-state index in [1.165, 1.54) is 19.3 Å². The Labute approximate surface area is 148 Å². The molecule has 1 aromatic rings. The first-order valence-corrected chi connectivity index (χ1v) is 9.31. The highest BCUT2D eigenvalue weighted by atomic mass is 35.5. The Hall–Kier alpha value is -1.39. The molecule has 4 nitrogen and oxygen atoms in total. The van der Waals surface area contributed by atoms with Crippen molar-refractivity contribution in [3.8, 4) is 0 Å². The summed E-state index contributed by atoms with van der Waals surface area (Å²) in [4.78, 5) is 29.0. The van der Waals surface area contributed by atoms with Crippen molar-refractivity contribution in [2.45, 2.75) is 32.1 Å². The Morgan fingerprint density at radius 2 is 1.58 bits per heavy atom. The Balaban J connectivity index is 1.47. The minimum absolute atomic E-state index is 0.110. The number of carbonyl (C=O) groups is 2. The van der Waals surface area contributed by atoms with Crippen molar-refractivity contribution >= 4 is 23.3 Å². The number of hydrogen-bond acceptors (Lipinski definition) is 3.